The summed E-state index contributed by atoms with van der Waals surface area (Å²) in [6.07, 6.45) is 3.89. The van der Waals surface area contributed by atoms with Gasteiger partial charge in [-0.1, -0.05) is 20.8 Å². The SMILES string of the molecule is CC(C)C1=CC(OO)[C@]2(C)OO[C@H]1[C@@H]1[C@H](C)CC[C@@H]12. The predicted octanol–water partition coefficient (Wildman–Crippen LogP) is 3.19. The minimum absolute atomic E-state index is 0.00993. The Morgan fingerprint density at radius 2 is 2.16 bits per heavy atom. The molecule has 1 saturated carbocycles. The summed E-state index contributed by atoms with van der Waals surface area (Å²) >= 11 is 0. The van der Waals surface area contributed by atoms with Crippen LogP contribution in [0.3, 0.4) is 0 Å². The molecule has 4 rings (SSSR count). The summed E-state index contributed by atoms with van der Waals surface area (Å²) in [5.74, 6) is 1.83. The summed E-state index contributed by atoms with van der Waals surface area (Å²) in [7, 11) is 0. The Kier molecular flexibility index (Phi) is 3.25. The summed E-state index contributed by atoms with van der Waals surface area (Å²) in [4.78, 5) is 16.2. The van der Waals surface area contributed by atoms with Crippen molar-refractivity contribution in [2.75, 3.05) is 0 Å². The highest BCUT2D eigenvalue weighted by Gasteiger charge is 2.60. The third kappa shape index (κ3) is 1.81. The molecule has 1 unspecified atom stereocenters. The molecule has 6 atom stereocenters. The number of rotatable bonds is 2. The normalized spacial score (nSPS) is 49.2. The van der Waals surface area contributed by atoms with Crippen LogP contribution in [-0.2, 0) is 14.7 Å². The molecule has 2 fully saturated rings. The van der Waals surface area contributed by atoms with Crippen molar-refractivity contribution in [3.05, 3.63) is 11.6 Å². The van der Waals surface area contributed by atoms with E-state index in [-0.39, 0.29) is 6.10 Å². The van der Waals surface area contributed by atoms with Crippen molar-refractivity contribution in [1.82, 2.24) is 0 Å². The van der Waals surface area contributed by atoms with Crippen molar-refractivity contribution in [2.24, 2.45) is 23.7 Å². The fraction of sp³-hybridized carbons (Fsp3) is 0.867. The third-order valence-corrected chi connectivity index (χ3v) is 5.49. The number of fused-ring (bicyclic) bond motifs is 2. The summed E-state index contributed by atoms with van der Waals surface area (Å²) in [6.45, 7) is 8.60. The molecule has 2 bridgehead atoms. The number of hydrogen-bond acceptors (Lipinski definition) is 4. The molecule has 2 heterocycles. The van der Waals surface area contributed by atoms with Gasteiger partial charge in [0.2, 0.25) is 0 Å². The van der Waals surface area contributed by atoms with Gasteiger partial charge in [-0.05, 0) is 49.2 Å². The lowest BCUT2D eigenvalue weighted by atomic mass is 9.74. The molecule has 1 N–H and O–H groups in total. The molecule has 0 aromatic heterocycles. The monoisotopic (exact) mass is 268 g/mol. The van der Waals surface area contributed by atoms with Crippen molar-refractivity contribution in [2.45, 2.75) is 58.3 Å². The van der Waals surface area contributed by atoms with Gasteiger partial charge in [0.1, 0.15) is 17.8 Å². The molecule has 4 aliphatic rings. The fourth-order valence-corrected chi connectivity index (χ4v) is 4.31. The van der Waals surface area contributed by atoms with Gasteiger partial charge >= 0.3 is 0 Å². The molecular weight excluding hydrogens is 244 g/mol. The fourth-order valence-electron chi connectivity index (χ4n) is 4.31. The molecule has 2 aliphatic carbocycles. The molecule has 0 radical (unpaired) electrons. The molecule has 0 aromatic rings. The number of hydrogen-bond donors (Lipinski definition) is 1. The quantitative estimate of drug-likeness (QED) is 0.474. The Morgan fingerprint density at radius 1 is 1.42 bits per heavy atom. The van der Waals surface area contributed by atoms with Crippen LogP contribution >= 0.6 is 0 Å². The van der Waals surface area contributed by atoms with Gasteiger partial charge in [-0.25, -0.2) is 14.7 Å². The molecule has 0 aromatic carbocycles. The second kappa shape index (κ2) is 4.55. The van der Waals surface area contributed by atoms with Gasteiger partial charge in [0.15, 0.2) is 0 Å². The van der Waals surface area contributed by atoms with Crippen molar-refractivity contribution in [1.29, 1.82) is 0 Å². The maximum atomic E-state index is 9.31. The molecule has 4 heteroatoms. The van der Waals surface area contributed by atoms with Crippen LogP contribution in [0.2, 0.25) is 0 Å². The molecule has 2 aliphatic heterocycles. The lowest BCUT2D eigenvalue weighted by molar-refractivity contribution is -0.450. The lowest BCUT2D eigenvalue weighted by Gasteiger charge is -2.45. The van der Waals surface area contributed by atoms with E-state index in [0.717, 1.165) is 6.42 Å². The summed E-state index contributed by atoms with van der Waals surface area (Å²) < 4.78 is 0. The van der Waals surface area contributed by atoms with Gasteiger partial charge in [-0.2, -0.15) is 0 Å². The molecular formula is C15H24O4. The zero-order valence-electron chi connectivity index (χ0n) is 12.1. The van der Waals surface area contributed by atoms with E-state index in [1.54, 1.807) is 0 Å². The van der Waals surface area contributed by atoms with Crippen molar-refractivity contribution < 1.29 is 19.9 Å². The smallest absolute Gasteiger partial charge is 0.143 e. The first kappa shape index (κ1) is 13.6. The molecule has 108 valence electrons. The molecule has 0 amide bonds. The first-order chi connectivity index (χ1) is 8.99. The van der Waals surface area contributed by atoms with Crippen LogP contribution < -0.4 is 0 Å². The highest BCUT2D eigenvalue weighted by Crippen LogP contribution is 2.55. The molecule has 0 spiro atoms. The molecule has 4 nitrogen and oxygen atoms in total. The highest BCUT2D eigenvalue weighted by molar-refractivity contribution is 5.25. The van der Waals surface area contributed by atoms with E-state index >= 15 is 0 Å². The highest BCUT2D eigenvalue weighted by atomic mass is 17.2. The minimum Gasteiger partial charge on any atom is -0.251 e. The van der Waals surface area contributed by atoms with Crippen LogP contribution in [0.4, 0.5) is 0 Å². The Labute approximate surface area is 114 Å². The van der Waals surface area contributed by atoms with E-state index in [4.69, 9.17) is 14.7 Å². The van der Waals surface area contributed by atoms with Crippen LogP contribution in [-0.4, -0.2) is 23.1 Å². The van der Waals surface area contributed by atoms with Gasteiger partial charge in [0.25, 0.3) is 0 Å². The van der Waals surface area contributed by atoms with E-state index in [9.17, 15) is 5.26 Å². The van der Waals surface area contributed by atoms with Gasteiger partial charge in [0, 0.05) is 5.92 Å². The van der Waals surface area contributed by atoms with Crippen LogP contribution in [0.25, 0.3) is 0 Å². The zero-order valence-corrected chi connectivity index (χ0v) is 12.1. The van der Waals surface area contributed by atoms with Crippen molar-refractivity contribution in [3.8, 4) is 0 Å². The van der Waals surface area contributed by atoms with Crippen molar-refractivity contribution >= 4 is 0 Å². The predicted molar refractivity (Wildman–Crippen MR) is 70.2 cm³/mol. The van der Waals surface area contributed by atoms with Crippen LogP contribution in [0.1, 0.15) is 40.5 Å². The van der Waals surface area contributed by atoms with Gasteiger partial charge in [-0.3, -0.25) is 5.26 Å². The Hall–Kier alpha value is -0.420. The topological polar surface area (TPSA) is 47.9 Å². The van der Waals surface area contributed by atoms with E-state index in [1.807, 2.05) is 13.0 Å². The molecule has 1 saturated heterocycles. The maximum Gasteiger partial charge on any atom is 0.143 e. The van der Waals surface area contributed by atoms with E-state index in [1.165, 1.54) is 12.0 Å². The largest absolute Gasteiger partial charge is 0.251 e. The van der Waals surface area contributed by atoms with E-state index < -0.39 is 11.7 Å². The third-order valence-electron chi connectivity index (χ3n) is 5.49. The van der Waals surface area contributed by atoms with Gasteiger partial charge < -0.3 is 0 Å². The lowest BCUT2D eigenvalue weighted by Crippen LogP contribution is -2.54. The van der Waals surface area contributed by atoms with Crippen molar-refractivity contribution in [3.63, 3.8) is 0 Å². The summed E-state index contributed by atoms with van der Waals surface area (Å²) in [5, 5.41) is 9.31. The van der Waals surface area contributed by atoms with E-state index in [0.29, 0.717) is 23.7 Å². The van der Waals surface area contributed by atoms with Crippen LogP contribution in [0.15, 0.2) is 11.6 Å². The van der Waals surface area contributed by atoms with Gasteiger partial charge in [-0.15, -0.1) is 0 Å². The maximum absolute atomic E-state index is 9.31. The summed E-state index contributed by atoms with van der Waals surface area (Å²) in [5.41, 5.74) is 0.612. The molecule has 19 heavy (non-hydrogen) atoms. The van der Waals surface area contributed by atoms with Gasteiger partial charge in [0.05, 0.1) is 0 Å². The first-order valence-electron chi connectivity index (χ1n) is 7.35. The Bertz CT molecular complexity index is 392. The zero-order chi connectivity index (χ0) is 13.8. The van der Waals surface area contributed by atoms with Crippen LogP contribution in [0.5, 0.6) is 0 Å². The second-order valence-electron chi connectivity index (χ2n) is 6.87. The average molecular weight is 268 g/mol. The minimum atomic E-state index is -0.586. The Balaban J connectivity index is 2.08. The summed E-state index contributed by atoms with van der Waals surface area (Å²) in [6, 6.07) is 0. The standard InChI is InChI=1S/C15H24O4/c1-8(2)10-7-12(17-16)15(4)11-6-5-9(3)13(11)14(10)18-19-15/h7-9,11-14,16H,5-6H2,1-4H3/t9-,11+,12?,13-,14-,15-/m1/s1. The second-order valence-corrected chi connectivity index (χ2v) is 6.87. The Morgan fingerprint density at radius 3 is 2.79 bits per heavy atom. The van der Waals surface area contributed by atoms with Crippen LogP contribution in [0, 0.1) is 23.7 Å². The average Bonchev–Trinajstić information content (AvgIpc) is 2.64. The van der Waals surface area contributed by atoms with E-state index in [2.05, 4.69) is 20.8 Å². The first-order valence-corrected chi connectivity index (χ1v) is 7.35.